The summed E-state index contributed by atoms with van der Waals surface area (Å²) in [5.41, 5.74) is 2.32. The minimum Gasteiger partial charge on any atom is -0.497 e. The molecule has 0 bridgehead atoms. The maximum absolute atomic E-state index is 12.4. The number of methoxy groups -OCH3 is 3. The fraction of sp³-hybridized carbons (Fsp3) is 0.227. The van der Waals surface area contributed by atoms with Crippen LogP contribution in [0.3, 0.4) is 0 Å². The van der Waals surface area contributed by atoms with E-state index in [4.69, 9.17) is 14.2 Å². The SMILES string of the molecule is COc1ccc(-c2nc(C)cc(SCC(=O)Nc3cc(OC)cc(OC)c3)n2)cc1. The predicted molar refractivity (Wildman–Crippen MR) is 118 cm³/mol. The molecule has 30 heavy (non-hydrogen) atoms. The molecule has 0 fully saturated rings. The molecule has 1 aromatic heterocycles. The van der Waals surface area contributed by atoms with Crippen molar-refractivity contribution in [1.82, 2.24) is 9.97 Å². The van der Waals surface area contributed by atoms with E-state index in [1.165, 1.54) is 11.8 Å². The van der Waals surface area contributed by atoms with Gasteiger partial charge in [0.05, 0.1) is 27.1 Å². The zero-order valence-electron chi connectivity index (χ0n) is 17.3. The highest BCUT2D eigenvalue weighted by Gasteiger charge is 2.10. The third-order valence-corrected chi connectivity index (χ3v) is 5.08. The summed E-state index contributed by atoms with van der Waals surface area (Å²) in [6.07, 6.45) is 0. The first-order valence-corrected chi connectivity index (χ1v) is 10.1. The molecule has 0 radical (unpaired) electrons. The topological polar surface area (TPSA) is 82.6 Å². The molecule has 1 heterocycles. The van der Waals surface area contributed by atoms with Gasteiger partial charge in [-0.15, -0.1) is 0 Å². The zero-order chi connectivity index (χ0) is 21.5. The molecule has 3 rings (SSSR count). The summed E-state index contributed by atoms with van der Waals surface area (Å²) >= 11 is 1.35. The van der Waals surface area contributed by atoms with E-state index in [0.29, 0.717) is 23.0 Å². The smallest absolute Gasteiger partial charge is 0.234 e. The number of ether oxygens (including phenoxy) is 3. The number of hydrogen-bond donors (Lipinski definition) is 1. The van der Waals surface area contributed by atoms with Gasteiger partial charge in [0.25, 0.3) is 0 Å². The van der Waals surface area contributed by atoms with E-state index < -0.39 is 0 Å². The highest BCUT2D eigenvalue weighted by atomic mass is 32.2. The van der Waals surface area contributed by atoms with Gasteiger partial charge in [0.1, 0.15) is 22.3 Å². The van der Waals surface area contributed by atoms with E-state index in [2.05, 4.69) is 15.3 Å². The van der Waals surface area contributed by atoms with Crippen LogP contribution in [0.5, 0.6) is 17.2 Å². The number of rotatable bonds is 8. The number of hydrogen-bond acceptors (Lipinski definition) is 7. The van der Waals surface area contributed by atoms with Crippen molar-refractivity contribution in [2.75, 3.05) is 32.4 Å². The minimum atomic E-state index is -0.155. The van der Waals surface area contributed by atoms with Crippen LogP contribution >= 0.6 is 11.8 Å². The Morgan fingerprint density at radius 2 is 1.53 bits per heavy atom. The Morgan fingerprint density at radius 1 is 0.900 bits per heavy atom. The number of anilines is 1. The van der Waals surface area contributed by atoms with Crippen molar-refractivity contribution in [3.8, 4) is 28.6 Å². The zero-order valence-corrected chi connectivity index (χ0v) is 18.1. The summed E-state index contributed by atoms with van der Waals surface area (Å²) in [6, 6.07) is 14.6. The largest absolute Gasteiger partial charge is 0.497 e. The number of carbonyl (C=O) groups is 1. The van der Waals surface area contributed by atoms with Gasteiger partial charge in [-0.3, -0.25) is 4.79 Å². The van der Waals surface area contributed by atoms with Crippen molar-refractivity contribution < 1.29 is 19.0 Å². The van der Waals surface area contributed by atoms with Gasteiger partial charge in [0.15, 0.2) is 5.82 Å². The lowest BCUT2D eigenvalue weighted by Gasteiger charge is -2.10. The lowest BCUT2D eigenvalue weighted by Crippen LogP contribution is -2.14. The summed E-state index contributed by atoms with van der Waals surface area (Å²) in [4.78, 5) is 21.5. The number of thioether (sulfide) groups is 1. The van der Waals surface area contributed by atoms with Crippen molar-refractivity contribution >= 4 is 23.4 Å². The highest BCUT2D eigenvalue weighted by Crippen LogP contribution is 2.27. The normalized spacial score (nSPS) is 10.4. The molecule has 0 aliphatic carbocycles. The Kier molecular flexibility index (Phi) is 7.13. The number of benzene rings is 2. The van der Waals surface area contributed by atoms with E-state index >= 15 is 0 Å². The van der Waals surface area contributed by atoms with Crippen LogP contribution in [-0.2, 0) is 4.79 Å². The maximum atomic E-state index is 12.4. The van der Waals surface area contributed by atoms with Gasteiger partial charge >= 0.3 is 0 Å². The van der Waals surface area contributed by atoms with Gasteiger partial charge in [-0.05, 0) is 37.3 Å². The van der Waals surface area contributed by atoms with E-state index in [-0.39, 0.29) is 11.7 Å². The maximum Gasteiger partial charge on any atom is 0.234 e. The summed E-state index contributed by atoms with van der Waals surface area (Å²) < 4.78 is 15.6. The number of amides is 1. The molecule has 0 unspecified atom stereocenters. The van der Waals surface area contributed by atoms with Crippen LogP contribution in [0.4, 0.5) is 5.69 Å². The second-order valence-electron chi connectivity index (χ2n) is 6.34. The number of nitrogens with one attached hydrogen (secondary N) is 1. The van der Waals surface area contributed by atoms with Gasteiger partial charge < -0.3 is 19.5 Å². The molecular formula is C22H23N3O4S. The molecule has 8 heteroatoms. The summed E-state index contributed by atoms with van der Waals surface area (Å²) in [5.74, 6) is 2.64. The van der Waals surface area contributed by atoms with Crippen molar-refractivity contribution in [2.45, 2.75) is 11.9 Å². The van der Waals surface area contributed by atoms with Crippen LogP contribution in [-0.4, -0.2) is 43.0 Å². The average molecular weight is 426 g/mol. The van der Waals surface area contributed by atoms with Crippen molar-refractivity contribution in [3.05, 3.63) is 54.2 Å². The van der Waals surface area contributed by atoms with Gasteiger partial charge in [0.2, 0.25) is 5.91 Å². The highest BCUT2D eigenvalue weighted by molar-refractivity contribution is 7.99. The molecule has 0 aliphatic heterocycles. The van der Waals surface area contributed by atoms with Crippen LogP contribution in [0.25, 0.3) is 11.4 Å². The first kappa shape index (κ1) is 21.4. The molecule has 1 amide bonds. The molecule has 156 valence electrons. The Balaban J connectivity index is 1.68. The molecule has 2 aromatic carbocycles. The second-order valence-corrected chi connectivity index (χ2v) is 7.33. The third-order valence-electron chi connectivity index (χ3n) is 4.17. The molecule has 0 saturated carbocycles. The van der Waals surface area contributed by atoms with E-state index in [9.17, 15) is 4.79 Å². The van der Waals surface area contributed by atoms with E-state index in [0.717, 1.165) is 22.0 Å². The third kappa shape index (κ3) is 5.64. The number of aromatic nitrogens is 2. The Labute approximate surface area is 179 Å². The van der Waals surface area contributed by atoms with Crippen molar-refractivity contribution in [3.63, 3.8) is 0 Å². The van der Waals surface area contributed by atoms with Crippen LogP contribution in [0, 0.1) is 6.92 Å². The fourth-order valence-electron chi connectivity index (χ4n) is 2.70. The quantitative estimate of drug-likeness (QED) is 0.428. The number of aryl methyl sites for hydroxylation is 1. The lowest BCUT2D eigenvalue weighted by molar-refractivity contribution is -0.113. The summed E-state index contributed by atoms with van der Waals surface area (Å²) in [5, 5.41) is 3.59. The van der Waals surface area contributed by atoms with Gasteiger partial charge in [-0.1, -0.05) is 11.8 Å². The first-order chi connectivity index (χ1) is 14.5. The Hall–Kier alpha value is -3.26. The molecule has 3 aromatic rings. The van der Waals surface area contributed by atoms with Crippen LogP contribution in [0.15, 0.2) is 53.6 Å². The number of nitrogens with zero attached hydrogens (tertiary/aromatic N) is 2. The van der Waals surface area contributed by atoms with Gasteiger partial charge in [-0.2, -0.15) is 0 Å². The van der Waals surface area contributed by atoms with Crippen LogP contribution in [0.1, 0.15) is 5.69 Å². The lowest BCUT2D eigenvalue weighted by atomic mass is 10.2. The molecule has 1 N–H and O–H groups in total. The van der Waals surface area contributed by atoms with Crippen LogP contribution < -0.4 is 19.5 Å². The second kappa shape index (κ2) is 9.98. The Bertz CT molecular complexity index is 1000. The summed E-state index contributed by atoms with van der Waals surface area (Å²) in [6.45, 7) is 1.90. The monoisotopic (exact) mass is 425 g/mol. The molecular weight excluding hydrogens is 402 g/mol. The number of carbonyl (C=O) groups excluding carboxylic acids is 1. The van der Waals surface area contributed by atoms with Crippen molar-refractivity contribution in [2.24, 2.45) is 0 Å². The minimum absolute atomic E-state index is 0.155. The predicted octanol–water partition coefficient (Wildman–Crippen LogP) is 4.21. The summed E-state index contributed by atoms with van der Waals surface area (Å²) in [7, 11) is 4.75. The molecule has 0 saturated heterocycles. The van der Waals surface area contributed by atoms with Crippen LogP contribution in [0.2, 0.25) is 0 Å². The Morgan fingerprint density at radius 3 is 2.13 bits per heavy atom. The average Bonchev–Trinajstić information content (AvgIpc) is 2.77. The fourth-order valence-corrected chi connectivity index (χ4v) is 3.46. The molecule has 0 atom stereocenters. The van der Waals surface area contributed by atoms with Gasteiger partial charge in [-0.25, -0.2) is 9.97 Å². The standard InChI is InChI=1S/C22H23N3O4S/c1-14-9-21(25-22(23-14)15-5-7-17(27-2)8-6-15)30-13-20(26)24-16-10-18(28-3)12-19(11-16)29-4/h5-12H,13H2,1-4H3,(H,24,26). The molecule has 0 aliphatic rings. The van der Waals surface area contributed by atoms with E-state index in [1.807, 2.05) is 37.3 Å². The van der Waals surface area contributed by atoms with Gasteiger partial charge in [0, 0.05) is 35.1 Å². The van der Waals surface area contributed by atoms with E-state index in [1.54, 1.807) is 39.5 Å². The molecule has 0 spiro atoms. The molecule has 7 nitrogen and oxygen atoms in total. The first-order valence-electron chi connectivity index (χ1n) is 9.16. The van der Waals surface area contributed by atoms with Crippen molar-refractivity contribution in [1.29, 1.82) is 0 Å².